The minimum Gasteiger partial charge on any atom is -0.470 e. The highest BCUT2D eigenvalue weighted by Gasteiger charge is 2.46. The van der Waals surface area contributed by atoms with Gasteiger partial charge in [0.1, 0.15) is 0 Å². The van der Waals surface area contributed by atoms with Crippen LogP contribution in [0.2, 0.25) is 0 Å². The van der Waals surface area contributed by atoms with E-state index in [9.17, 15) is 0 Å². The summed E-state index contributed by atoms with van der Waals surface area (Å²) in [5.74, 6) is 3.67. The van der Waals surface area contributed by atoms with Crippen molar-refractivity contribution in [3.8, 4) is 40.3 Å². The molecule has 9 rings (SSSR count). The maximum atomic E-state index is 6.66. The molecule has 7 aromatic rings. The molecule has 0 saturated heterocycles. The lowest BCUT2D eigenvalue weighted by atomic mass is 9.67. The van der Waals surface area contributed by atoms with Crippen LogP contribution in [0.15, 0.2) is 194 Å². The maximum Gasteiger partial charge on any atom is 0.184 e. The minimum atomic E-state index is -0.528. The van der Waals surface area contributed by atoms with Gasteiger partial charge in [-0.25, -0.2) is 0 Å². The first-order valence-electron chi connectivity index (χ1n) is 18.1. The Morgan fingerprint density at radius 1 is 0.585 bits per heavy atom. The van der Waals surface area contributed by atoms with Crippen LogP contribution in [0.25, 0.3) is 27.8 Å². The Bertz CT molecular complexity index is 2500. The van der Waals surface area contributed by atoms with Crippen molar-refractivity contribution in [3.05, 3.63) is 222 Å². The number of ether oxygens (including phenoxy) is 1. The van der Waals surface area contributed by atoms with Gasteiger partial charge in [0, 0.05) is 22.5 Å². The molecule has 252 valence electrons. The molecule has 1 heterocycles. The molecular formula is C51H37NO. The van der Waals surface area contributed by atoms with Crippen molar-refractivity contribution < 1.29 is 4.74 Å². The van der Waals surface area contributed by atoms with Gasteiger partial charge in [-0.3, -0.25) is 0 Å². The van der Waals surface area contributed by atoms with Crippen LogP contribution >= 0.6 is 0 Å². The number of hydrogen-bond acceptors (Lipinski definition) is 2. The van der Waals surface area contributed by atoms with Crippen molar-refractivity contribution in [2.24, 2.45) is 0 Å². The van der Waals surface area contributed by atoms with Crippen LogP contribution in [0.3, 0.4) is 0 Å². The van der Waals surface area contributed by atoms with E-state index in [0.29, 0.717) is 0 Å². The number of anilines is 3. The number of nitrogens with zero attached hydrogens (tertiary/aromatic N) is 1. The van der Waals surface area contributed by atoms with Gasteiger partial charge < -0.3 is 9.64 Å². The highest BCUT2D eigenvalue weighted by molar-refractivity contribution is 5.93. The molecule has 0 amide bonds. The van der Waals surface area contributed by atoms with E-state index in [1.54, 1.807) is 0 Å². The summed E-state index contributed by atoms with van der Waals surface area (Å²) in [5.41, 5.74) is 14.2. The first-order chi connectivity index (χ1) is 26.2. The Balaban J connectivity index is 1.30. The lowest BCUT2D eigenvalue weighted by molar-refractivity contribution is 0.333. The molecule has 0 saturated carbocycles. The summed E-state index contributed by atoms with van der Waals surface area (Å²) in [4.78, 5) is 2.32. The summed E-state index contributed by atoms with van der Waals surface area (Å²) in [7, 11) is 0. The summed E-state index contributed by atoms with van der Waals surface area (Å²) in [6.07, 6.45) is 11.7. The Morgan fingerprint density at radius 3 is 1.85 bits per heavy atom. The van der Waals surface area contributed by atoms with Crippen LogP contribution in [-0.4, -0.2) is 6.10 Å². The molecule has 2 nitrogen and oxygen atoms in total. The molecule has 53 heavy (non-hydrogen) atoms. The van der Waals surface area contributed by atoms with Gasteiger partial charge in [-0.05, 0) is 81.8 Å². The van der Waals surface area contributed by atoms with Gasteiger partial charge in [-0.15, -0.1) is 6.42 Å². The van der Waals surface area contributed by atoms with E-state index in [0.717, 1.165) is 39.5 Å². The number of fused-ring (bicyclic) bond motifs is 4. The predicted molar refractivity (Wildman–Crippen MR) is 220 cm³/mol. The van der Waals surface area contributed by atoms with Crippen LogP contribution in [0.5, 0.6) is 5.75 Å². The minimum absolute atomic E-state index is 0.483. The lowest BCUT2D eigenvalue weighted by Gasteiger charge is -2.35. The van der Waals surface area contributed by atoms with E-state index in [2.05, 4.69) is 193 Å². The van der Waals surface area contributed by atoms with Crippen molar-refractivity contribution >= 4 is 22.6 Å². The fraction of sp³-hybridized carbons (Fsp3) is 0.0588. The standard InChI is InChI=1S/C51H37NO/c1-3-5-24-44-45-26-17-28-48(50(45)53-49(44)4-2)52(40-31-29-37(30-32-40)36-18-9-6-10-19-36)41-33-34-43-42-25-15-16-27-46(42)51(47(43)35-41,38-20-11-7-12-21-38)39-22-13-8-14-23-39/h2-3,5-35,49H,1H3/b5-3-,44-24-. The van der Waals surface area contributed by atoms with E-state index < -0.39 is 11.5 Å². The number of terminal acetylenes is 1. The first-order valence-corrected chi connectivity index (χ1v) is 18.1. The number of para-hydroxylation sites is 1. The van der Waals surface area contributed by atoms with Crippen molar-refractivity contribution in [2.75, 3.05) is 4.90 Å². The van der Waals surface area contributed by atoms with E-state index >= 15 is 0 Å². The third kappa shape index (κ3) is 5.21. The molecule has 1 atom stereocenters. The van der Waals surface area contributed by atoms with Gasteiger partial charge in [0.2, 0.25) is 0 Å². The van der Waals surface area contributed by atoms with Crippen LogP contribution in [0.4, 0.5) is 17.1 Å². The van der Waals surface area contributed by atoms with E-state index in [-0.39, 0.29) is 0 Å². The topological polar surface area (TPSA) is 12.5 Å². The number of benzene rings is 7. The maximum absolute atomic E-state index is 6.66. The molecular weight excluding hydrogens is 643 g/mol. The van der Waals surface area contributed by atoms with Crippen LogP contribution in [0, 0.1) is 12.3 Å². The molecule has 0 N–H and O–H groups in total. The Kier molecular flexibility index (Phi) is 8.11. The van der Waals surface area contributed by atoms with Crippen molar-refractivity contribution in [3.63, 3.8) is 0 Å². The second-order valence-corrected chi connectivity index (χ2v) is 13.5. The van der Waals surface area contributed by atoms with Gasteiger partial charge >= 0.3 is 0 Å². The smallest absolute Gasteiger partial charge is 0.184 e. The average Bonchev–Trinajstić information content (AvgIpc) is 3.75. The molecule has 1 aliphatic heterocycles. The molecule has 0 bridgehead atoms. The second-order valence-electron chi connectivity index (χ2n) is 13.5. The zero-order valence-corrected chi connectivity index (χ0v) is 29.5. The zero-order valence-electron chi connectivity index (χ0n) is 29.5. The summed E-state index contributed by atoms with van der Waals surface area (Å²) < 4.78 is 6.66. The SMILES string of the molecule is C#CC1Oc2c(cccc2N(c2ccc(-c3ccccc3)cc2)c2ccc3c(c2)C(c2ccccc2)(c2ccccc2)c2ccccc2-3)/C1=C/C=C\C. The molecule has 0 radical (unpaired) electrons. The monoisotopic (exact) mass is 679 g/mol. The predicted octanol–water partition coefficient (Wildman–Crippen LogP) is 12.5. The van der Waals surface area contributed by atoms with Crippen LogP contribution in [-0.2, 0) is 5.41 Å². The fourth-order valence-corrected chi connectivity index (χ4v) is 8.31. The van der Waals surface area contributed by atoms with Gasteiger partial charge in [-0.1, -0.05) is 170 Å². The average molecular weight is 680 g/mol. The van der Waals surface area contributed by atoms with Crippen molar-refractivity contribution in [1.82, 2.24) is 0 Å². The molecule has 0 aromatic heterocycles. The molecule has 7 aromatic carbocycles. The van der Waals surface area contributed by atoms with Gasteiger partial charge in [0.25, 0.3) is 0 Å². The molecule has 1 aliphatic carbocycles. The highest BCUT2D eigenvalue weighted by atomic mass is 16.5. The quantitative estimate of drug-likeness (QED) is 0.155. The van der Waals surface area contributed by atoms with Crippen molar-refractivity contribution in [2.45, 2.75) is 18.4 Å². The number of allylic oxidation sites excluding steroid dienone is 3. The number of hydrogen-bond donors (Lipinski definition) is 0. The van der Waals surface area contributed by atoms with Crippen molar-refractivity contribution in [1.29, 1.82) is 0 Å². The first kappa shape index (κ1) is 32.1. The number of rotatable bonds is 7. The summed E-state index contributed by atoms with van der Waals surface area (Å²) in [6.45, 7) is 2.01. The Morgan fingerprint density at radius 2 is 1.17 bits per heavy atom. The van der Waals surface area contributed by atoms with Crippen LogP contribution < -0.4 is 9.64 Å². The van der Waals surface area contributed by atoms with Gasteiger partial charge in [-0.2, -0.15) is 0 Å². The second kappa shape index (κ2) is 13.4. The lowest BCUT2D eigenvalue weighted by Crippen LogP contribution is -2.28. The zero-order chi connectivity index (χ0) is 35.8. The molecule has 0 spiro atoms. The van der Waals surface area contributed by atoms with Gasteiger partial charge in [0.15, 0.2) is 11.9 Å². The fourth-order valence-electron chi connectivity index (χ4n) is 8.31. The van der Waals surface area contributed by atoms with Crippen LogP contribution in [0.1, 0.15) is 34.7 Å². The van der Waals surface area contributed by atoms with E-state index in [4.69, 9.17) is 11.2 Å². The highest BCUT2D eigenvalue weighted by Crippen LogP contribution is 2.58. The normalized spacial score (nSPS) is 15.7. The summed E-state index contributed by atoms with van der Waals surface area (Å²) in [6, 6.07) is 63.3. The summed E-state index contributed by atoms with van der Waals surface area (Å²) in [5, 5.41) is 0. The molecule has 2 heteroatoms. The molecule has 0 fully saturated rings. The largest absolute Gasteiger partial charge is 0.470 e. The molecule has 2 aliphatic rings. The third-order valence-electron chi connectivity index (χ3n) is 10.6. The Hall–Kier alpha value is -6.82. The van der Waals surface area contributed by atoms with E-state index in [1.165, 1.54) is 38.9 Å². The Labute approximate surface area is 312 Å². The van der Waals surface area contributed by atoms with E-state index in [1.807, 2.05) is 19.1 Å². The third-order valence-corrected chi connectivity index (χ3v) is 10.6. The van der Waals surface area contributed by atoms with Gasteiger partial charge in [0.05, 0.1) is 11.1 Å². The molecule has 1 unspecified atom stereocenters. The summed E-state index contributed by atoms with van der Waals surface area (Å²) >= 11 is 0.